The van der Waals surface area contributed by atoms with E-state index in [9.17, 15) is 0 Å². The lowest BCUT2D eigenvalue weighted by Crippen LogP contribution is -2.03. The number of hydrogen-bond acceptors (Lipinski definition) is 2. The van der Waals surface area contributed by atoms with Crippen molar-refractivity contribution in [1.82, 2.24) is 4.98 Å². The van der Waals surface area contributed by atoms with E-state index in [1.165, 1.54) is 18.4 Å². The summed E-state index contributed by atoms with van der Waals surface area (Å²) in [6, 6.07) is 1.99. The van der Waals surface area contributed by atoms with E-state index in [0.29, 0.717) is 12.0 Å². The molecule has 2 nitrogen and oxygen atoms in total. The monoisotopic (exact) mass is 191 g/mol. The van der Waals surface area contributed by atoms with Gasteiger partial charge >= 0.3 is 0 Å². The maximum Gasteiger partial charge on any atom is 0.126 e. The van der Waals surface area contributed by atoms with Crippen molar-refractivity contribution in [1.29, 1.82) is 0 Å². The molecule has 0 amide bonds. The smallest absolute Gasteiger partial charge is 0.126 e. The highest BCUT2D eigenvalue weighted by Gasteiger charge is 2.25. The van der Waals surface area contributed by atoms with E-state index in [1.807, 2.05) is 12.3 Å². The molecule has 0 aromatic carbocycles. The summed E-state index contributed by atoms with van der Waals surface area (Å²) >= 11 is 0. The van der Waals surface area contributed by atoms with E-state index in [4.69, 9.17) is 4.74 Å². The molecule has 0 aliphatic heterocycles. The summed E-state index contributed by atoms with van der Waals surface area (Å²) in [6.45, 7) is 6.42. The minimum Gasteiger partial charge on any atom is -0.490 e. The topological polar surface area (TPSA) is 22.1 Å². The Bertz CT molecular complexity index is 329. The Morgan fingerprint density at radius 2 is 2.14 bits per heavy atom. The minimum absolute atomic E-state index is 0.467. The van der Waals surface area contributed by atoms with Gasteiger partial charge in [0.2, 0.25) is 0 Å². The van der Waals surface area contributed by atoms with Crippen LogP contribution in [0.15, 0.2) is 12.3 Å². The van der Waals surface area contributed by atoms with E-state index >= 15 is 0 Å². The van der Waals surface area contributed by atoms with Gasteiger partial charge in [0.05, 0.1) is 6.10 Å². The minimum atomic E-state index is 0.467. The molecule has 1 aliphatic rings. The van der Waals surface area contributed by atoms with E-state index in [1.54, 1.807) is 0 Å². The lowest BCUT2D eigenvalue weighted by molar-refractivity contribution is 0.298. The van der Waals surface area contributed by atoms with Gasteiger partial charge in [0, 0.05) is 17.5 Å². The van der Waals surface area contributed by atoms with Gasteiger partial charge in [0.1, 0.15) is 5.75 Å². The Labute approximate surface area is 85.3 Å². The SMILES string of the molecule is Cc1nccc(OC2CC2)c1C(C)C. The average molecular weight is 191 g/mol. The number of hydrogen-bond donors (Lipinski definition) is 0. The molecular weight excluding hydrogens is 174 g/mol. The second-order valence-corrected chi connectivity index (χ2v) is 4.28. The highest BCUT2D eigenvalue weighted by molar-refractivity contribution is 5.38. The second-order valence-electron chi connectivity index (χ2n) is 4.28. The number of aromatic nitrogens is 1. The number of rotatable bonds is 3. The molecule has 0 N–H and O–H groups in total. The lowest BCUT2D eigenvalue weighted by atomic mass is 10.0. The van der Waals surface area contributed by atoms with Crippen LogP contribution in [0.5, 0.6) is 5.75 Å². The van der Waals surface area contributed by atoms with Crippen molar-refractivity contribution in [3.8, 4) is 5.75 Å². The third kappa shape index (κ3) is 1.89. The summed E-state index contributed by atoms with van der Waals surface area (Å²) in [5.74, 6) is 1.52. The van der Waals surface area contributed by atoms with Crippen LogP contribution in [-0.2, 0) is 0 Å². The largest absolute Gasteiger partial charge is 0.490 e. The first kappa shape index (κ1) is 9.50. The Kier molecular flexibility index (Phi) is 2.44. The zero-order chi connectivity index (χ0) is 10.1. The molecule has 1 saturated carbocycles. The zero-order valence-corrected chi connectivity index (χ0v) is 9.08. The van der Waals surface area contributed by atoms with Gasteiger partial charge in [-0.05, 0) is 31.7 Å². The van der Waals surface area contributed by atoms with Gasteiger partial charge in [-0.2, -0.15) is 0 Å². The van der Waals surface area contributed by atoms with Gasteiger partial charge in [-0.1, -0.05) is 13.8 Å². The highest BCUT2D eigenvalue weighted by Crippen LogP contribution is 2.33. The molecule has 1 fully saturated rings. The van der Waals surface area contributed by atoms with Crippen molar-refractivity contribution >= 4 is 0 Å². The quantitative estimate of drug-likeness (QED) is 0.732. The van der Waals surface area contributed by atoms with Crippen molar-refractivity contribution in [2.45, 2.75) is 45.6 Å². The van der Waals surface area contributed by atoms with E-state index < -0.39 is 0 Å². The molecule has 0 spiro atoms. The van der Waals surface area contributed by atoms with E-state index in [0.717, 1.165) is 11.4 Å². The van der Waals surface area contributed by atoms with Gasteiger partial charge < -0.3 is 4.74 Å². The lowest BCUT2D eigenvalue weighted by Gasteiger charge is -2.15. The molecule has 2 rings (SSSR count). The number of pyridine rings is 1. The Hall–Kier alpha value is -1.05. The number of nitrogens with zero attached hydrogens (tertiary/aromatic N) is 1. The first-order valence-electron chi connectivity index (χ1n) is 5.30. The Morgan fingerprint density at radius 3 is 2.71 bits per heavy atom. The van der Waals surface area contributed by atoms with Gasteiger partial charge in [-0.15, -0.1) is 0 Å². The molecule has 0 saturated heterocycles. The van der Waals surface area contributed by atoms with Crippen LogP contribution in [0.25, 0.3) is 0 Å². The Balaban J connectivity index is 2.30. The predicted octanol–water partition coefficient (Wildman–Crippen LogP) is 3.05. The fourth-order valence-electron chi connectivity index (χ4n) is 1.72. The van der Waals surface area contributed by atoms with Crippen molar-refractivity contribution in [2.24, 2.45) is 0 Å². The van der Waals surface area contributed by atoms with Crippen LogP contribution in [-0.4, -0.2) is 11.1 Å². The van der Waals surface area contributed by atoms with Crippen LogP contribution in [0.1, 0.15) is 43.9 Å². The molecule has 14 heavy (non-hydrogen) atoms. The first-order chi connectivity index (χ1) is 6.68. The summed E-state index contributed by atoms with van der Waals surface area (Å²) in [5.41, 5.74) is 2.36. The molecule has 0 bridgehead atoms. The fourth-order valence-corrected chi connectivity index (χ4v) is 1.72. The fraction of sp³-hybridized carbons (Fsp3) is 0.583. The molecule has 2 heteroatoms. The van der Waals surface area contributed by atoms with Crippen molar-refractivity contribution in [2.75, 3.05) is 0 Å². The van der Waals surface area contributed by atoms with E-state index in [-0.39, 0.29) is 0 Å². The summed E-state index contributed by atoms with van der Waals surface area (Å²) in [6.07, 6.45) is 4.71. The summed E-state index contributed by atoms with van der Waals surface area (Å²) < 4.78 is 5.86. The first-order valence-corrected chi connectivity index (χ1v) is 5.30. The molecule has 76 valence electrons. The highest BCUT2D eigenvalue weighted by atomic mass is 16.5. The van der Waals surface area contributed by atoms with Crippen molar-refractivity contribution < 1.29 is 4.74 Å². The summed E-state index contributed by atoms with van der Waals surface area (Å²) in [5, 5.41) is 0. The molecular formula is C12H17NO. The number of ether oxygens (including phenoxy) is 1. The van der Waals surface area contributed by atoms with Gasteiger partial charge in [-0.25, -0.2) is 0 Å². The summed E-state index contributed by atoms with van der Waals surface area (Å²) in [4.78, 5) is 4.31. The van der Waals surface area contributed by atoms with E-state index in [2.05, 4.69) is 25.8 Å². The van der Waals surface area contributed by atoms with Crippen LogP contribution < -0.4 is 4.74 Å². The molecule has 0 unspecified atom stereocenters. The molecule has 1 heterocycles. The predicted molar refractivity (Wildman–Crippen MR) is 56.7 cm³/mol. The molecule has 1 aromatic heterocycles. The van der Waals surface area contributed by atoms with Gasteiger partial charge in [-0.3, -0.25) is 4.98 Å². The second kappa shape index (κ2) is 3.60. The van der Waals surface area contributed by atoms with Crippen LogP contribution in [0.2, 0.25) is 0 Å². The average Bonchev–Trinajstić information content (AvgIpc) is 2.87. The van der Waals surface area contributed by atoms with Crippen molar-refractivity contribution in [3.05, 3.63) is 23.5 Å². The maximum absolute atomic E-state index is 5.86. The standard InChI is InChI=1S/C12H17NO/c1-8(2)12-9(3)13-7-6-11(12)14-10-4-5-10/h6-8,10H,4-5H2,1-3H3. The van der Waals surface area contributed by atoms with Crippen LogP contribution in [0.4, 0.5) is 0 Å². The molecule has 0 radical (unpaired) electrons. The number of aryl methyl sites for hydroxylation is 1. The van der Waals surface area contributed by atoms with Gasteiger partial charge in [0.25, 0.3) is 0 Å². The Morgan fingerprint density at radius 1 is 1.43 bits per heavy atom. The van der Waals surface area contributed by atoms with Crippen LogP contribution in [0, 0.1) is 6.92 Å². The summed E-state index contributed by atoms with van der Waals surface area (Å²) in [7, 11) is 0. The zero-order valence-electron chi connectivity index (χ0n) is 9.08. The maximum atomic E-state index is 5.86. The van der Waals surface area contributed by atoms with Crippen LogP contribution in [0.3, 0.4) is 0 Å². The van der Waals surface area contributed by atoms with Crippen LogP contribution >= 0.6 is 0 Å². The third-order valence-corrected chi connectivity index (χ3v) is 2.54. The van der Waals surface area contributed by atoms with Gasteiger partial charge in [0.15, 0.2) is 0 Å². The molecule has 1 aliphatic carbocycles. The normalized spacial score (nSPS) is 16.0. The molecule has 0 atom stereocenters. The molecule has 1 aromatic rings. The van der Waals surface area contributed by atoms with Crippen molar-refractivity contribution in [3.63, 3.8) is 0 Å². The third-order valence-electron chi connectivity index (χ3n) is 2.54.